The summed E-state index contributed by atoms with van der Waals surface area (Å²) in [5.74, 6) is -1.50. The van der Waals surface area contributed by atoms with Crippen molar-refractivity contribution in [1.29, 1.82) is 0 Å². The highest BCUT2D eigenvalue weighted by Gasteiger charge is 2.49. The van der Waals surface area contributed by atoms with Gasteiger partial charge in [-0.05, 0) is 37.0 Å². The molecular weight excluding hydrogens is 441 g/mol. The first-order chi connectivity index (χ1) is 14.6. The average molecular weight is 460 g/mol. The number of sulfonamides is 1. The number of hydrazine groups is 1. The van der Waals surface area contributed by atoms with Crippen LogP contribution in [0.25, 0.3) is 5.70 Å². The van der Waals surface area contributed by atoms with Crippen LogP contribution in [-0.4, -0.2) is 36.8 Å². The number of hydrogen-bond acceptors (Lipinski definition) is 7. The molecule has 1 fully saturated rings. The zero-order valence-corrected chi connectivity index (χ0v) is 16.8. The summed E-state index contributed by atoms with van der Waals surface area (Å²) in [4.78, 5) is 25.4. The summed E-state index contributed by atoms with van der Waals surface area (Å²) >= 11 is 0. The number of fused-ring (bicyclic) bond motifs is 1. The first-order valence-electron chi connectivity index (χ1n) is 9.59. The topological polar surface area (TPSA) is 121 Å². The lowest BCUT2D eigenvalue weighted by molar-refractivity contribution is -0.130. The van der Waals surface area contributed by atoms with Gasteiger partial charge in [-0.1, -0.05) is 19.3 Å². The lowest BCUT2D eigenvalue weighted by Gasteiger charge is -2.34. The van der Waals surface area contributed by atoms with Gasteiger partial charge >= 0.3 is 15.5 Å². The number of furan rings is 1. The number of nitrogens with zero attached hydrogens (tertiary/aromatic N) is 1. The number of halogens is 3. The second-order valence-corrected chi connectivity index (χ2v) is 9.11. The van der Waals surface area contributed by atoms with Crippen molar-refractivity contribution in [2.45, 2.75) is 43.7 Å². The van der Waals surface area contributed by atoms with Gasteiger partial charge in [0.05, 0.1) is 12.0 Å². The first kappa shape index (κ1) is 21.4. The van der Waals surface area contributed by atoms with Gasteiger partial charge in [-0.15, -0.1) is 0 Å². The minimum absolute atomic E-state index is 0.0596. The highest BCUT2D eigenvalue weighted by atomic mass is 32.2. The Labute approximate surface area is 175 Å². The van der Waals surface area contributed by atoms with Crippen LogP contribution in [-0.2, 0) is 19.6 Å². The number of alkyl halides is 3. The highest BCUT2D eigenvalue weighted by Crippen LogP contribution is 2.38. The molecule has 4 rings (SSSR count). The molecule has 1 aliphatic carbocycles. The van der Waals surface area contributed by atoms with Gasteiger partial charge in [0.2, 0.25) is 0 Å². The molecule has 1 saturated carbocycles. The van der Waals surface area contributed by atoms with Crippen LogP contribution in [0.3, 0.4) is 0 Å². The molecule has 0 radical (unpaired) electrons. The number of amides is 2. The molecule has 1 atom stereocenters. The molecule has 0 saturated heterocycles. The maximum absolute atomic E-state index is 13.3. The van der Waals surface area contributed by atoms with E-state index in [1.807, 2.05) is 0 Å². The zero-order chi connectivity index (χ0) is 22.4. The van der Waals surface area contributed by atoms with Crippen LogP contribution in [0, 0.1) is 5.92 Å². The molecule has 2 aliphatic heterocycles. The normalized spacial score (nSPS) is 22.8. The molecular formula is C18H19F3N4O5S. The Morgan fingerprint density at radius 3 is 2.55 bits per heavy atom. The van der Waals surface area contributed by atoms with Crippen molar-refractivity contribution in [3.63, 3.8) is 0 Å². The molecule has 1 aromatic heterocycles. The monoisotopic (exact) mass is 460 g/mol. The van der Waals surface area contributed by atoms with Crippen molar-refractivity contribution < 1.29 is 35.6 Å². The Balaban J connectivity index is 1.62. The predicted molar refractivity (Wildman–Crippen MR) is 100 cm³/mol. The predicted octanol–water partition coefficient (Wildman–Crippen LogP) is 1.70. The summed E-state index contributed by atoms with van der Waals surface area (Å²) in [6.07, 6.45) is 7.11. The minimum Gasteiger partial charge on any atom is -0.463 e. The molecule has 1 aromatic rings. The van der Waals surface area contributed by atoms with E-state index in [2.05, 4.69) is 10.7 Å². The van der Waals surface area contributed by atoms with Gasteiger partial charge < -0.3 is 9.73 Å². The summed E-state index contributed by atoms with van der Waals surface area (Å²) in [7, 11) is -5.87. The summed E-state index contributed by atoms with van der Waals surface area (Å²) < 4.78 is 66.6. The van der Waals surface area contributed by atoms with Crippen molar-refractivity contribution in [3.8, 4) is 0 Å². The van der Waals surface area contributed by atoms with Crippen molar-refractivity contribution in [2.24, 2.45) is 5.92 Å². The summed E-state index contributed by atoms with van der Waals surface area (Å²) in [6.45, 7) is 0. The number of carbonyl (C=O) groups is 2. The molecule has 1 unspecified atom stereocenters. The molecule has 3 heterocycles. The van der Waals surface area contributed by atoms with Crippen molar-refractivity contribution in [1.82, 2.24) is 20.5 Å². The fourth-order valence-corrected chi connectivity index (χ4v) is 4.45. The quantitative estimate of drug-likeness (QED) is 0.625. The molecule has 31 heavy (non-hydrogen) atoms. The van der Waals surface area contributed by atoms with E-state index in [1.165, 1.54) is 6.26 Å². The van der Waals surface area contributed by atoms with E-state index in [4.69, 9.17) is 4.42 Å². The second kappa shape index (κ2) is 7.71. The zero-order valence-electron chi connectivity index (χ0n) is 16.0. The fourth-order valence-electron chi connectivity index (χ4n) is 3.94. The summed E-state index contributed by atoms with van der Waals surface area (Å²) in [5.41, 5.74) is -2.30. The third kappa shape index (κ3) is 3.94. The lowest BCUT2D eigenvalue weighted by atomic mass is 9.81. The fraction of sp³-hybridized carbons (Fsp3) is 0.444. The Bertz CT molecular complexity index is 1060. The molecule has 3 aliphatic rings. The van der Waals surface area contributed by atoms with E-state index >= 15 is 0 Å². The van der Waals surface area contributed by atoms with Crippen LogP contribution in [0.1, 0.15) is 37.9 Å². The van der Waals surface area contributed by atoms with Crippen LogP contribution < -0.4 is 15.5 Å². The van der Waals surface area contributed by atoms with Crippen LogP contribution in [0.5, 0.6) is 0 Å². The minimum atomic E-state index is -5.87. The highest BCUT2D eigenvalue weighted by molar-refractivity contribution is 7.90. The third-order valence-electron chi connectivity index (χ3n) is 5.39. The molecule has 0 aromatic carbocycles. The van der Waals surface area contributed by atoms with Gasteiger partial charge in [0.15, 0.2) is 5.76 Å². The van der Waals surface area contributed by atoms with E-state index in [9.17, 15) is 31.2 Å². The molecule has 13 heteroatoms. The standard InChI is InChI=1S/C18H19F3N4O5S/c19-18(20,21)31(28,29)24-16(26)11-9-13-22-15(12-7-4-8-30-12)14(17(27)25(13)23-11)10-5-2-1-3-6-10/h4,7-11,22-23H,1-3,5-6H2,(H,24,26). The molecule has 168 valence electrons. The van der Waals surface area contributed by atoms with Gasteiger partial charge in [-0.3, -0.25) is 9.59 Å². The van der Waals surface area contributed by atoms with Crippen LogP contribution in [0.4, 0.5) is 13.2 Å². The van der Waals surface area contributed by atoms with E-state index in [0.717, 1.165) is 47.9 Å². The number of rotatable bonds is 4. The van der Waals surface area contributed by atoms with E-state index < -0.39 is 33.4 Å². The average Bonchev–Trinajstić information content (AvgIpc) is 3.37. The Morgan fingerprint density at radius 2 is 1.94 bits per heavy atom. The SMILES string of the molecule is O=C(NS(=O)(=O)C(F)(F)F)C1C=C2NC(c3ccco3)=C(C3CCCCC3)C(=O)N2N1. The molecule has 2 amide bonds. The van der Waals surface area contributed by atoms with Gasteiger partial charge in [0, 0.05) is 5.57 Å². The molecule has 9 nitrogen and oxygen atoms in total. The maximum atomic E-state index is 13.3. The number of carbonyl (C=O) groups excluding carboxylic acids is 2. The third-order valence-corrected chi connectivity index (χ3v) is 6.47. The Kier molecular flexibility index (Phi) is 5.33. The van der Waals surface area contributed by atoms with E-state index in [0.29, 0.717) is 17.0 Å². The van der Waals surface area contributed by atoms with Gasteiger partial charge in [-0.2, -0.15) is 21.6 Å². The first-order valence-corrected chi connectivity index (χ1v) is 11.1. The number of hydrogen-bond donors (Lipinski definition) is 3. The number of nitrogens with one attached hydrogen (secondary N) is 3. The Hall–Kier alpha value is -2.80. The Morgan fingerprint density at radius 1 is 1.23 bits per heavy atom. The van der Waals surface area contributed by atoms with Crippen LogP contribution in [0.2, 0.25) is 0 Å². The van der Waals surface area contributed by atoms with Crippen molar-refractivity contribution in [3.05, 3.63) is 41.6 Å². The van der Waals surface area contributed by atoms with Crippen LogP contribution in [0.15, 0.2) is 40.3 Å². The lowest BCUT2D eigenvalue weighted by Crippen LogP contribution is -2.53. The van der Waals surface area contributed by atoms with Crippen molar-refractivity contribution in [2.75, 3.05) is 0 Å². The summed E-state index contributed by atoms with van der Waals surface area (Å²) in [6, 6.07) is 1.81. The maximum Gasteiger partial charge on any atom is 0.516 e. The van der Waals surface area contributed by atoms with Gasteiger partial charge in [-0.25, -0.2) is 15.2 Å². The largest absolute Gasteiger partial charge is 0.516 e. The molecule has 0 spiro atoms. The molecule has 0 bridgehead atoms. The van der Waals surface area contributed by atoms with E-state index in [1.54, 1.807) is 12.1 Å². The van der Waals surface area contributed by atoms with E-state index in [-0.39, 0.29) is 11.7 Å². The molecule has 3 N–H and O–H groups in total. The van der Waals surface area contributed by atoms with Gasteiger partial charge in [0.1, 0.15) is 11.9 Å². The summed E-state index contributed by atoms with van der Waals surface area (Å²) in [5, 5.41) is 4.03. The van der Waals surface area contributed by atoms with Crippen molar-refractivity contribution >= 4 is 27.5 Å². The van der Waals surface area contributed by atoms with Gasteiger partial charge in [0.25, 0.3) is 11.8 Å². The second-order valence-electron chi connectivity index (χ2n) is 7.44. The van der Waals surface area contributed by atoms with Crippen LogP contribution >= 0.6 is 0 Å². The smallest absolute Gasteiger partial charge is 0.463 e.